The van der Waals surface area contributed by atoms with Gasteiger partial charge in [0.1, 0.15) is 11.6 Å². The highest BCUT2D eigenvalue weighted by atomic mass is 35.5. The van der Waals surface area contributed by atoms with Gasteiger partial charge in [-0.15, -0.1) is 4.99 Å². The van der Waals surface area contributed by atoms with Crippen LogP contribution in [0.5, 0.6) is 0 Å². The molecule has 2 heterocycles. The van der Waals surface area contributed by atoms with Gasteiger partial charge in [0.05, 0.1) is 21.0 Å². The maximum atomic E-state index is 13.2. The Balaban J connectivity index is 1.42. The topological polar surface area (TPSA) is 160 Å². The lowest BCUT2D eigenvalue weighted by molar-refractivity contribution is -0.139. The molecule has 1 aliphatic rings. The molecule has 1 aliphatic heterocycles. The molecule has 3 aromatic rings. The number of halogens is 2. The number of benzene rings is 1. The predicted octanol–water partition coefficient (Wildman–Crippen LogP) is 3.72. The Kier molecular flexibility index (Phi) is 10.1. The van der Waals surface area contributed by atoms with Crippen molar-refractivity contribution in [3.63, 3.8) is 0 Å². The molecule has 0 spiro atoms. The zero-order valence-electron chi connectivity index (χ0n) is 22.7. The fourth-order valence-corrected chi connectivity index (χ4v) is 5.48. The van der Waals surface area contributed by atoms with Crippen LogP contribution in [0, 0.1) is 30.5 Å². The van der Waals surface area contributed by atoms with Crippen molar-refractivity contribution in [3.05, 3.63) is 68.9 Å². The number of nitriles is 1. The minimum Gasteiger partial charge on any atom is -0.480 e. The summed E-state index contributed by atoms with van der Waals surface area (Å²) in [6, 6.07) is 10.8. The van der Waals surface area contributed by atoms with Crippen LogP contribution < -0.4 is 16.0 Å². The lowest BCUT2D eigenvalue weighted by atomic mass is 10.0. The van der Waals surface area contributed by atoms with Crippen molar-refractivity contribution in [1.82, 2.24) is 20.9 Å². The number of aliphatic imine (C=N–C) groups is 1. The van der Waals surface area contributed by atoms with E-state index in [1.165, 1.54) is 0 Å². The second-order valence-electron chi connectivity index (χ2n) is 9.67. The summed E-state index contributed by atoms with van der Waals surface area (Å²) in [5.74, 6) is -2.13. The third kappa shape index (κ3) is 7.24. The van der Waals surface area contributed by atoms with E-state index < -0.39 is 23.8 Å². The van der Waals surface area contributed by atoms with Crippen LogP contribution in [0.4, 0.5) is 0 Å². The van der Waals surface area contributed by atoms with E-state index in [1.807, 2.05) is 4.90 Å². The maximum Gasteiger partial charge on any atom is 0.328 e. The van der Waals surface area contributed by atoms with Gasteiger partial charge in [0.2, 0.25) is 12.2 Å². The lowest BCUT2D eigenvalue weighted by Gasteiger charge is -2.30. The highest BCUT2D eigenvalue weighted by Crippen LogP contribution is 2.31. The van der Waals surface area contributed by atoms with Gasteiger partial charge in [-0.25, -0.2) is 4.79 Å². The van der Waals surface area contributed by atoms with Crippen LogP contribution in [0.15, 0.2) is 33.7 Å². The number of guanidine groups is 1. The Morgan fingerprint density at radius 3 is 2.64 bits per heavy atom. The summed E-state index contributed by atoms with van der Waals surface area (Å²) in [5, 5.41) is 27.7. The summed E-state index contributed by atoms with van der Waals surface area (Å²) in [6.45, 7) is 3.09. The number of carboxylic acids is 1. The van der Waals surface area contributed by atoms with Crippen molar-refractivity contribution >= 4 is 57.9 Å². The number of hydrogen-bond donors (Lipinski definition) is 4. The van der Waals surface area contributed by atoms with E-state index in [4.69, 9.17) is 32.9 Å². The Morgan fingerprint density at radius 1 is 1.19 bits per heavy atom. The molecule has 0 saturated carbocycles. The SMILES string of the molecule is Cc1cc(Cl)c(C(=O)N[C@@H](CN/C(=N/C#N)N2CCCCC2)C(=O)O)c(Cl)c1CCNC(=O)c1cc2c#cccc2o1. The van der Waals surface area contributed by atoms with Gasteiger partial charge in [-0.1, -0.05) is 35.3 Å². The summed E-state index contributed by atoms with van der Waals surface area (Å²) >= 11 is 13.0. The summed E-state index contributed by atoms with van der Waals surface area (Å²) < 4.78 is 5.55. The van der Waals surface area contributed by atoms with Crippen molar-refractivity contribution in [2.24, 2.45) is 4.99 Å². The summed E-state index contributed by atoms with van der Waals surface area (Å²) in [7, 11) is 0. The van der Waals surface area contributed by atoms with Crippen LogP contribution >= 0.6 is 23.2 Å². The van der Waals surface area contributed by atoms with E-state index in [1.54, 1.807) is 37.4 Å². The fourth-order valence-electron chi connectivity index (χ4n) is 4.66. The van der Waals surface area contributed by atoms with Crippen LogP contribution in [0.3, 0.4) is 0 Å². The number of furan rings is 1. The number of fused-ring (bicyclic) bond motifs is 1. The molecule has 218 valence electrons. The zero-order valence-corrected chi connectivity index (χ0v) is 24.2. The number of nitrogens with zero attached hydrogens (tertiary/aromatic N) is 3. The minimum atomic E-state index is -1.37. The first-order chi connectivity index (χ1) is 20.2. The number of carboxylic acid groups (broad SMARTS) is 1. The van der Waals surface area contributed by atoms with E-state index >= 15 is 0 Å². The molecule has 1 saturated heterocycles. The van der Waals surface area contributed by atoms with E-state index in [9.17, 15) is 19.5 Å². The van der Waals surface area contributed by atoms with Crippen molar-refractivity contribution in [2.75, 3.05) is 26.2 Å². The number of carbonyl (C=O) groups excluding carboxylic acids is 2. The number of piperidine rings is 1. The normalized spacial score (nSPS) is 14.0. The van der Waals surface area contributed by atoms with Gasteiger partial charge in [-0.05, 0) is 61.9 Å². The second kappa shape index (κ2) is 13.9. The van der Waals surface area contributed by atoms with Crippen LogP contribution in [-0.2, 0) is 11.2 Å². The molecule has 0 unspecified atom stereocenters. The van der Waals surface area contributed by atoms with Gasteiger partial charge in [0.15, 0.2) is 5.76 Å². The number of aryl methyl sites for hydroxylation is 1. The quantitative estimate of drug-likeness (QED) is 0.162. The van der Waals surface area contributed by atoms with Gasteiger partial charge in [0.25, 0.3) is 11.8 Å². The number of rotatable bonds is 9. The molecule has 4 rings (SSSR count). The summed E-state index contributed by atoms with van der Waals surface area (Å²) in [4.78, 5) is 43.5. The molecule has 1 atom stereocenters. The molecule has 0 bridgehead atoms. The van der Waals surface area contributed by atoms with Gasteiger partial charge in [-0.2, -0.15) is 5.26 Å². The van der Waals surface area contributed by atoms with Crippen molar-refractivity contribution < 1.29 is 23.9 Å². The van der Waals surface area contributed by atoms with E-state index in [-0.39, 0.29) is 46.8 Å². The first kappa shape index (κ1) is 30.5. The summed E-state index contributed by atoms with van der Waals surface area (Å²) in [6.07, 6.45) is 4.92. The molecule has 0 radical (unpaired) electrons. The van der Waals surface area contributed by atoms with E-state index in [0.717, 1.165) is 19.3 Å². The highest BCUT2D eigenvalue weighted by molar-refractivity contribution is 6.40. The smallest absolute Gasteiger partial charge is 0.328 e. The molecule has 2 aromatic carbocycles. The van der Waals surface area contributed by atoms with Gasteiger partial charge >= 0.3 is 5.97 Å². The Bertz CT molecular complexity index is 1520. The lowest BCUT2D eigenvalue weighted by Crippen LogP contribution is -2.52. The standard InChI is InChI=1S/C29H28Cl2N6O5/c1-17-13-20(30)24(25(31)19(17)9-10-33-26(38)23-14-18-7-3-4-8-22(18)42-23)27(39)36-21(28(40)41)15-34-29(35-16-32)37-11-5-2-6-12-37/h4,8,13-14,21H,2,5-6,9-12,15H2,1H3,(H,33,38)(H,34,35)(H,36,39)(H,40,41)/t21-/m0/s1. The monoisotopic (exact) mass is 610 g/mol. The first-order valence-corrected chi connectivity index (χ1v) is 14.0. The average molecular weight is 611 g/mol. The largest absolute Gasteiger partial charge is 0.480 e. The Morgan fingerprint density at radius 2 is 1.95 bits per heavy atom. The second-order valence-corrected chi connectivity index (χ2v) is 10.5. The Hall–Kier alpha value is -4.45. The van der Waals surface area contributed by atoms with Crippen LogP contribution in [0.1, 0.15) is 51.3 Å². The molecule has 2 amide bonds. The van der Waals surface area contributed by atoms with E-state index in [2.05, 4.69) is 33.1 Å². The maximum absolute atomic E-state index is 13.2. The van der Waals surface area contributed by atoms with Gasteiger partial charge in [-0.3, -0.25) is 9.59 Å². The number of aliphatic carboxylic acids is 1. The molecule has 0 aliphatic carbocycles. The molecule has 1 fully saturated rings. The summed E-state index contributed by atoms with van der Waals surface area (Å²) in [5.41, 5.74) is 1.70. The zero-order chi connectivity index (χ0) is 30.2. The fraction of sp³-hybridized carbons (Fsp3) is 0.345. The van der Waals surface area contributed by atoms with Gasteiger partial charge in [0, 0.05) is 32.2 Å². The predicted molar refractivity (Wildman–Crippen MR) is 156 cm³/mol. The molecular weight excluding hydrogens is 583 g/mol. The number of amides is 2. The number of carbonyl (C=O) groups is 3. The van der Waals surface area contributed by atoms with Crippen LogP contribution in [-0.4, -0.2) is 66.0 Å². The average Bonchev–Trinajstić information content (AvgIpc) is 3.41. The van der Waals surface area contributed by atoms with Crippen molar-refractivity contribution in [1.29, 1.82) is 5.26 Å². The van der Waals surface area contributed by atoms with Crippen molar-refractivity contribution in [3.8, 4) is 6.19 Å². The molecule has 13 heteroatoms. The van der Waals surface area contributed by atoms with Crippen LogP contribution in [0.25, 0.3) is 11.0 Å². The highest BCUT2D eigenvalue weighted by Gasteiger charge is 2.27. The third-order valence-electron chi connectivity index (χ3n) is 6.82. The number of likely N-dealkylation sites (tertiary alicyclic amines) is 1. The third-order valence-corrected chi connectivity index (χ3v) is 7.53. The number of hydrogen-bond acceptors (Lipinski definition) is 6. The first-order valence-electron chi connectivity index (χ1n) is 13.3. The van der Waals surface area contributed by atoms with Crippen LogP contribution in [0.2, 0.25) is 10.0 Å². The molecule has 42 heavy (non-hydrogen) atoms. The molecule has 11 nitrogen and oxygen atoms in total. The minimum absolute atomic E-state index is 0.0512. The number of nitrogens with one attached hydrogen (secondary N) is 3. The molecule has 4 N–H and O–H groups in total. The Labute approximate surface area is 252 Å². The van der Waals surface area contributed by atoms with E-state index in [0.29, 0.717) is 35.2 Å². The molecular formula is C29H28Cl2N6O5. The molecule has 1 aromatic heterocycles. The van der Waals surface area contributed by atoms with Crippen molar-refractivity contribution in [2.45, 2.75) is 38.6 Å². The van der Waals surface area contributed by atoms with Gasteiger partial charge < -0.3 is 30.4 Å².